The van der Waals surface area contributed by atoms with Crippen LogP contribution in [0.5, 0.6) is 0 Å². The zero-order chi connectivity index (χ0) is 19.4. The topological polar surface area (TPSA) is 97.3 Å². The molecule has 0 unspecified atom stereocenters. The lowest BCUT2D eigenvalue weighted by molar-refractivity contribution is -0.121. The van der Waals surface area contributed by atoms with Crippen LogP contribution in [0.15, 0.2) is 65.5 Å². The number of benzene rings is 2. The minimum absolute atomic E-state index is 0.0893. The lowest BCUT2D eigenvalue weighted by Crippen LogP contribution is -2.32. The molecule has 0 aliphatic heterocycles. The highest BCUT2D eigenvalue weighted by Crippen LogP contribution is 2.17. The number of pyridine rings is 1. The number of hydrogen-bond donors (Lipinski definition) is 2. The first-order valence-electron chi connectivity index (χ1n) is 8.27. The van der Waals surface area contributed by atoms with Crippen LogP contribution in [-0.2, 0) is 27.1 Å². The molecule has 0 spiro atoms. The molecule has 3 aromatic rings. The van der Waals surface area contributed by atoms with E-state index in [0.29, 0.717) is 16.5 Å². The van der Waals surface area contributed by atoms with Crippen LogP contribution < -0.4 is 15.6 Å². The van der Waals surface area contributed by atoms with Gasteiger partial charge in [-0.15, -0.1) is 0 Å². The molecule has 2 N–H and O–H groups in total. The van der Waals surface area contributed by atoms with Crippen molar-refractivity contribution in [3.63, 3.8) is 0 Å². The zero-order valence-corrected chi connectivity index (χ0v) is 15.5. The number of amides is 1. The molecule has 0 bridgehead atoms. The highest BCUT2D eigenvalue weighted by atomic mass is 32.2. The molecule has 0 aliphatic carbocycles. The molecule has 0 saturated heterocycles. The van der Waals surface area contributed by atoms with Crippen molar-refractivity contribution in [3.8, 4) is 0 Å². The van der Waals surface area contributed by atoms with E-state index in [1.807, 2.05) is 0 Å². The van der Waals surface area contributed by atoms with Crippen LogP contribution in [0.2, 0.25) is 0 Å². The van der Waals surface area contributed by atoms with E-state index in [0.717, 1.165) is 0 Å². The van der Waals surface area contributed by atoms with Crippen molar-refractivity contribution < 1.29 is 13.2 Å². The molecule has 7 nitrogen and oxygen atoms in total. The molecule has 0 atom stereocenters. The number of hydrogen-bond acceptors (Lipinski definition) is 4. The number of fused-ring (bicyclic) bond motifs is 1. The summed E-state index contributed by atoms with van der Waals surface area (Å²) in [6.07, 6.45) is 0. The molecule has 1 aromatic heterocycles. The van der Waals surface area contributed by atoms with Crippen molar-refractivity contribution in [2.24, 2.45) is 0 Å². The largest absolute Gasteiger partial charge is 0.358 e. The molecule has 0 saturated carbocycles. The monoisotopic (exact) mass is 385 g/mol. The average Bonchev–Trinajstić information content (AvgIpc) is 2.65. The van der Waals surface area contributed by atoms with Crippen molar-refractivity contribution in [1.82, 2.24) is 9.88 Å². The number of anilines is 1. The van der Waals surface area contributed by atoms with Gasteiger partial charge in [-0.1, -0.05) is 48.5 Å². The Hall–Kier alpha value is -3.13. The van der Waals surface area contributed by atoms with Gasteiger partial charge in [-0.3, -0.25) is 18.9 Å². The van der Waals surface area contributed by atoms with Crippen molar-refractivity contribution in [2.75, 3.05) is 11.8 Å². The summed E-state index contributed by atoms with van der Waals surface area (Å²) in [6, 6.07) is 17.2. The number of carbonyl (C=O) groups excluding carboxylic acids is 1. The number of rotatable bonds is 6. The maximum absolute atomic E-state index is 12.8. The van der Waals surface area contributed by atoms with E-state index in [4.69, 9.17) is 0 Å². The minimum atomic E-state index is -3.79. The Balaban J connectivity index is 2.02. The van der Waals surface area contributed by atoms with Gasteiger partial charge in [0.2, 0.25) is 15.9 Å². The smallest absolute Gasteiger partial charge is 0.275 e. The Morgan fingerprint density at radius 1 is 1.04 bits per heavy atom. The Bertz CT molecular complexity index is 1140. The molecule has 1 heterocycles. The number of para-hydroxylation sites is 1. The number of nitrogens with one attached hydrogen (secondary N) is 2. The lowest BCUT2D eigenvalue weighted by atomic mass is 10.2. The lowest BCUT2D eigenvalue weighted by Gasteiger charge is -2.14. The van der Waals surface area contributed by atoms with Gasteiger partial charge in [0, 0.05) is 12.4 Å². The van der Waals surface area contributed by atoms with E-state index in [2.05, 4.69) is 10.0 Å². The molecule has 140 valence electrons. The molecule has 0 fully saturated rings. The number of nitrogens with zero attached hydrogens (tertiary/aromatic N) is 1. The van der Waals surface area contributed by atoms with Gasteiger partial charge in [-0.2, -0.15) is 0 Å². The molecular weight excluding hydrogens is 366 g/mol. The first-order chi connectivity index (χ1) is 12.9. The van der Waals surface area contributed by atoms with Crippen molar-refractivity contribution in [2.45, 2.75) is 12.3 Å². The van der Waals surface area contributed by atoms with Gasteiger partial charge in [-0.05, 0) is 17.7 Å². The van der Waals surface area contributed by atoms with Gasteiger partial charge in [-0.25, -0.2) is 8.42 Å². The van der Waals surface area contributed by atoms with Gasteiger partial charge < -0.3 is 5.32 Å². The third-order valence-electron chi connectivity index (χ3n) is 4.05. The van der Waals surface area contributed by atoms with E-state index in [9.17, 15) is 18.0 Å². The third-order valence-corrected chi connectivity index (χ3v) is 5.29. The maximum atomic E-state index is 12.8. The summed E-state index contributed by atoms with van der Waals surface area (Å²) in [5, 5.41) is 3.12. The molecule has 3 rings (SSSR count). The zero-order valence-electron chi connectivity index (χ0n) is 14.7. The predicted molar refractivity (Wildman–Crippen MR) is 105 cm³/mol. The summed E-state index contributed by atoms with van der Waals surface area (Å²) in [5.74, 6) is -0.609. The van der Waals surface area contributed by atoms with E-state index in [-0.39, 0.29) is 23.9 Å². The van der Waals surface area contributed by atoms with Gasteiger partial charge >= 0.3 is 0 Å². The fraction of sp³-hybridized carbons (Fsp3) is 0.158. The van der Waals surface area contributed by atoms with Gasteiger partial charge in [0.25, 0.3) is 5.56 Å². The summed E-state index contributed by atoms with van der Waals surface area (Å²) < 4.78 is 28.6. The quantitative estimate of drug-likeness (QED) is 0.675. The number of aromatic nitrogens is 1. The van der Waals surface area contributed by atoms with Crippen LogP contribution in [0, 0.1) is 0 Å². The second-order valence-electron chi connectivity index (χ2n) is 6.03. The van der Waals surface area contributed by atoms with E-state index >= 15 is 0 Å². The molecule has 2 aromatic carbocycles. The highest BCUT2D eigenvalue weighted by Gasteiger charge is 2.17. The Kier molecular flexibility index (Phi) is 5.27. The normalized spacial score (nSPS) is 11.3. The van der Waals surface area contributed by atoms with Crippen LogP contribution in [0.3, 0.4) is 0 Å². The Labute approximate surface area is 156 Å². The van der Waals surface area contributed by atoms with Crippen molar-refractivity contribution in [3.05, 3.63) is 76.6 Å². The van der Waals surface area contributed by atoms with Crippen LogP contribution in [0.4, 0.5) is 5.69 Å². The maximum Gasteiger partial charge on any atom is 0.275 e. The fourth-order valence-electron chi connectivity index (χ4n) is 2.78. The SMILES string of the molecule is CNC(=O)Cn1c(=O)c(NS(=O)(=O)Cc2ccccc2)cc2ccccc21. The van der Waals surface area contributed by atoms with E-state index < -0.39 is 15.6 Å². The first kappa shape index (κ1) is 18.7. The van der Waals surface area contributed by atoms with Crippen LogP contribution in [0.1, 0.15) is 5.56 Å². The highest BCUT2D eigenvalue weighted by molar-refractivity contribution is 7.91. The fourth-order valence-corrected chi connectivity index (χ4v) is 3.96. The average molecular weight is 385 g/mol. The molecule has 27 heavy (non-hydrogen) atoms. The number of carbonyl (C=O) groups is 1. The predicted octanol–water partition coefficient (Wildman–Crippen LogP) is 1.69. The summed E-state index contributed by atoms with van der Waals surface area (Å²) in [5.41, 5.74) is 0.496. The minimum Gasteiger partial charge on any atom is -0.358 e. The molecule has 1 amide bonds. The Morgan fingerprint density at radius 2 is 1.70 bits per heavy atom. The van der Waals surface area contributed by atoms with Crippen molar-refractivity contribution >= 4 is 32.5 Å². The molecule has 0 aliphatic rings. The third kappa shape index (κ3) is 4.35. The van der Waals surface area contributed by atoms with Gasteiger partial charge in [0.05, 0.1) is 11.3 Å². The van der Waals surface area contributed by atoms with E-state index in [1.165, 1.54) is 17.7 Å². The number of likely N-dealkylation sites (N-methyl/N-ethyl adjacent to an activating group) is 1. The van der Waals surface area contributed by atoms with Gasteiger partial charge in [0.1, 0.15) is 12.2 Å². The second kappa shape index (κ2) is 7.63. The van der Waals surface area contributed by atoms with Gasteiger partial charge in [0.15, 0.2) is 0 Å². The molecular formula is C19H19N3O4S. The summed E-state index contributed by atoms with van der Waals surface area (Å²) in [7, 11) is -2.32. The first-order valence-corrected chi connectivity index (χ1v) is 9.92. The summed E-state index contributed by atoms with van der Waals surface area (Å²) in [4.78, 5) is 24.6. The van der Waals surface area contributed by atoms with E-state index in [1.54, 1.807) is 54.6 Å². The van der Waals surface area contributed by atoms with Crippen LogP contribution >= 0.6 is 0 Å². The van der Waals surface area contributed by atoms with Crippen LogP contribution in [0.25, 0.3) is 10.9 Å². The molecule has 0 radical (unpaired) electrons. The molecule has 8 heteroatoms. The van der Waals surface area contributed by atoms with Crippen molar-refractivity contribution in [1.29, 1.82) is 0 Å². The number of sulfonamides is 1. The standard InChI is InChI=1S/C19H19N3O4S/c1-20-18(23)12-22-17-10-6-5-9-15(17)11-16(19(22)24)21-27(25,26)13-14-7-3-2-4-8-14/h2-11,21H,12-13H2,1H3,(H,20,23). The Morgan fingerprint density at radius 3 is 2.41 bits per heavy atom. The second-order valence-corrected chi connectivity index (χ2v) is 7.75. The summed E-state index contributed by atoms with van der Waals surface area (Å²) >= 11 is 0. The summed E-state index contributed by atoms with van der Waals surface area (Å²) in [6.45, 7) is -0.204. The van der Waals surface area contributed by atoms with Crippen LogP contribution in [-0.4, -0.2) is 25.9 Å².